The van der Waals surface area contributed by atoms with Gasteiger partial charge in [-0.2, -0.15) is 10.4 Å². The SMILES string of the molecule is Cc1nnc(N2CCC(=O)CC2)c(C#N)c1C. The molecule has 0 atom stereocenters. The smallest absolute Gasteiger partial charge is 0.169 e. The third-order valence-corrected chi connectivity index (χ3v) is 3.17. The first-order chi connectivity index (χ1) is 8.13. The molecule has 5 heteroatoms. The van der Waals surface area contributed by atoms with Crippen molar-refractivity contribution in [3.8, 4) is 6.07 Å². The lowest BCUT2D eigenvalue weighted by Crippen LogP contribution is -2.35. The van der Waals surface area contributed by atoms with Gasteiger partial charge < -0.3 is 4.90 Å². The van der Waals surface area contributed by atoms with E-state index in [4.69, 9.17) is 0 Å². The molecule has 1 saturated heterocycles. The normalized spacial score (nSPS) is 15.8. The van der Waals surface area contributed by atoms with E-state index in [0.717, 1.165) is 11.3 Å². The van der Waals surface area contributed by atoms with E-state index in [-0.39, 0.29) is 5.78 Å². The summed E-state index contributed by atoms with van der Waals surface area (Å²) in [7, 11) is 0. The highest BCUT2D eigenvalue weighted by Gasteiger charge is 2.21. The van der Waals surface area contributed by atoms with Crippen LogP contribution in [0.5, 0.6) is 0 Å². The van der Waals surface area contributed by atoms with Crippen LogP contribution >= 0.6 is 0 Å². The number of Topliss-reactive ketones (excluding diaryl/α,β-unsaturated/α-hetero) is 1. The number of hydrogen-bond donors (Lipinski definition) is 0. The fourth-order valence-electron chi connectivity index (χ4n) is 1.92. The zero-order valence-electron chi connectivity index (χ0n) is 10.0. The minimum absolute atomic E-state index is 0.275. The van der Waals surface area contributed by atoms with E-state index in [1.807, 2.05) is 18.7 Å². The predicted octanol–water partition coefficient (Wildman–Crippen LogP) is 1.13. The summed E-state index contributed by atoms with van der Waals surface area (Å²) in [6.07, 6.45) is 1.05. The molecule has 0 saturated carbocycles. The lowest BCUT2D eigenvalue weighted by Gasteiger charge is -2.27. The summed E-state index contributed by atoms with van der Waals surface area (Å²) in [5, 5.41) is 17.3. The summed E-state index contributed by atoms with van der Waals surface area (Å²) in [6.45, 7) is 4.98. The van der Waals surface area contributed by atoms with Gasteiger partial charge in [0.25, 0.3) is 0 Å². The molecule has 1 aromatic heterocycles. The van der Waals surface area contributed by atoms with Crippen LogP contribution in [0.4, 0.5) is 5.82 Å². The lowest BCUT2D eigenvalue weighted by atomic mass is 10.1. The van der Waals surface area contributed by atoms with Crippen LogP contribution in [0.2, 0.25) is 0 Å². The number of piperidine rings is 1. The number of aryl methyl sites for hydroxylation is 1. The van der Waals surface area contributed by atoms with Crippen LogP contribution in [-0.4, -0.2) is 29.1 Å². The van der Waals surface area contributed by atoms with E-state index >= 15 is 0 Å². The molecule has 1 aliphatic heterocycles. The van der Waals surface area contributed by atoms with Crippen molar-refractivity contribution in [1.82, 2.24) is 10.2 Å². The van der Waals surface area contributed by atoms with Gasteiger partial charge in [0.1, 0.15) is 17.4 Å². The van der Waals surface area contributed by atoms with E-state index in [2.05, 4.69) is 16.3 Å². The van der Waals surface area contributed by atoms with Gasteiger partial charge in [-0.1, -0.05) is 0 Å². The number of carbonyl (C=O) groups excluding carboxylic acids is 1. The van der Waals surface area contributed by atoms with E-state index in [9.17, 15) is 10.1 Å². The molecule has 5 nitrogen and oxygen atoms in total. The van der Waals surface area contributed by atoms with E-state index < -0.39 is 0 Å². The first-order valence-corrected chi connectivity index (χ1v) is 5.64. The third-order valence-electron chi connectivity index (χ3n) is 3.17. The molecule has 0 aliphatic carbocycles. The van der Waals surface area contributed by atoms with Crippen molar-refractivity contribution < 1.29 is 4.79 Å². The maximum atomic E-state index is 11.2. The van der Waals surface area contributed by atoms with Gasteiger partial charge in [0.05, 0.1) is 5.69 Å². The Labute approximate surface area is 100 Å². The molecule has 0 unspecified atom stereocenters. The van der Waals surface area contributed by atoms with Gasteiger partial charge in [-0.05, 0) is 19.4 Å². The summed E-state index contributed by atoms with van der Waals surface area (Å²) in [5.41, 5.74) is 2.22. The minimum Gasteiger partial charge on any atom is -0.353 e. The molecule has 0 bridgehead atoms. The number of nitrogens with zero attached hydrogens (tertiary/aromatic N) is 4. The molecule has 88 valence electrons. The molecule has 0 amide bonds. The Morgan fingerprint density at radius 3 is 2.47 bits per heavy atom. The first kappa shape index (κ1) is 11.5. The van der Waals surface area contributed by atoms with Crippen LogP contribution < -0.4 is 4.90 Å². The number of carbonyl (C=O) groups is 1. The van der Waals surface area contributed by atoms with Crippen LogP contribution in [0.15, 0.2) is 0 Å². The van der Waals surface area contributed by atoms with Gasteiger partial charge in [0.2, 0.25) is 0 Å². The Morgan fingerprint density at radius 2 is 1.88 bits per heavy atom. The highest BCUT2D eigenvalue weighted by atomic mass is 16.1. The zero-order valence-corrected chi connectivity index (χ0v) is 10.0. The van der Waals surface area contributed by atoms with Gasteiger partial charge in [-0.15, -0.1) is 5.10 Å². The van der Waals surface area contributed by atoms with E-state index in [1.165, 1.54) is 0 Å². The van der Waals surface area contributed by atoms with Gasteiger partial charge in [-0.25, -0.2) is 0 Å². The molecule has 0 aromatic carbocycles. The Balaban J connectivity index is 2.36. The van der Waals surface area contributed by atoms with Gasteiger partial charge in [0.15, 0.2) is 5.82 Å². The topological polar surface area (TPSA) is 69.9 Å². The lowest BCUT2D eigenvalue weighted by molar-refractivity contribution is -0.119. The molecule has 0 spiro atoms. The molecule has 1 fully saturated rings. The third kappa shape index (κ3) is 2.11. The van der Waals surface area contributed by atoms with Crippen molar-refractivity contribution in [1.29, 1.82) is 5.26 Å². The number of anilines is 1. The van der Waals surface area contributed by atoms with Crippen LogP contribution in [0.3, 0.4) is 0 Å². The van der Waals surface area contributed by atoms with E-state index in [0.29, 0.717) is 37.3 Å². The number of aromatic nitrogens is 2. The second kappa shape index (κ2) is 4.50. The molecule has 2 rings (SSSR count). The number of nitriles is 1. The average Bonchev–Trinajstić information content (AvgIpc) is 2.34. The maximum absolute atomic E-state index is 11.2. The highest BCUT2D eigenvalue weighted by molar-refractivity contribution is 5.81. The molecule has 1 aromatic rings. The van der Waals surface area contributed by atoms with Crippen LogP contribution in [0.25, 0.3) is 0 Å². The summed E-state index contributed by atoms with van der Waals surface area (Å²) >= 11 is 0. The standard InChI is InChI=1S/C12H14N4O/c1-8-9(2)14-15-12(11(8)7-13)16-5-3-10(17)4-6-16/h3-6H2,1-2H3. The second-order valence-corrected chi connectivity index (χ2v) is 4.25. The number of hydrogen-bond acceptors (Lipinski definition) is 5. The molecule has 2 heterocycles. The maximum Gasteiger partial charge on any atom is 0.169 e. The van der Waals surface area contributed by atoms with Crippen molar-refractivity contribution in [2.24, 2.45) is 0 Å². The molecule has 0 N–H and O–H groups in total. The Kier molecular flexibility index (Phi) is 3.05. The van der Waals surface area contributed by atoms with Crippen molar-refractivity contribution in [2.45, 2.75) is 26.7 Å². The predicted molar refractivity (Wildman–Crippen MR) is 62.7 cm³/mol. The Morgan fingerprint density at radius 1 is 1.24 bits per heavy atom. The molecule has 17 heavy (non-hydrogen) atoms. The molecular weight excluding hydrogens is 216 g/mol. The minimum atomic E-state index is 0.275. The summed E-state index contributed by atoms with van der Waals surface area (Å²) in [4.78, 5) is 13.2. The summed E-state index contributed by atoms with van der Waals surface area (Å²) < 4.78 is 0. The van der Waals surface area contributed by atoms with Crippen molar-refractivity contribution in [3.63, 3.8) is 0 Å². The Bertz CT molecular complexity index is 494. The van der Waals surface area contributed by atoms with E-state index in [1.54, 1.807) is 0 Å². The monoisotopic (exact) mass is 230 g/mol. The Hall–Kier alpha value is -1.96. The molecule has 1 aliphatic rings. The summed E-state index contributed by atoms with van der Waals surface area (Å²) in [6, 6.07) is 2.18. The van der Waals surface area contributed by atoms with Crippen molar-refractivity contribution in [3.05, 3.63) is 16.8 Å². The fourth-order valence-corrected chi connectivity index (χ4v) is 1.92. The zero-order chi connectivity index (χ0) is 12.4. The fraction of sp³-hybridized carbons (Fsp3) is 0.500. The van der Waals surface area contributed by atoms with Crippen molar-refractivity contribution >= 4 is 11.6 Å². The average molecular weight is 230 g/mol. The van der Waals surface area contributed by atoms with Crippen LogP contribution in [0, 0.1) is 25.2 Å². The largest absolute Gasteiger partial charge is 0.353 e. The number of rotatable bonds is 1. The van der Waals surface area contributed by atoms with Crippen molar-refractivity contribution in [2.75, 3.05) is 18.0 Å². The van der Waals surface area contributed by atoms with Gasteiger partial charge in [-0.3, -0.25) is 4.79 Å². The van der Waals surface area contributed by atoms with Gasteiger partial charge >= 0.3 is 0 Å². The van der Waals surface area contributed by atoms with Crippen LogP contribution in [0.1, 0.15) is 29.7 Å². The quantitative estimate of drug-likeness (QED) is 0.723. The second-order valence-electron chi connectivity index (χ2n) is 4.25. The van der Waals surface area contributed by atoms with Gasteiger partial charge in [0, 0.05) is 25.9 Å². The van der Waals surface area contributed by atoms with Crippen LogP contribution in [-0.2, 0) is 4.79 Å². The first-order valence-electron chi connectivity index (χ1n) is 5.64. The number of ketones is 1. The summed E-state index contributed by atoms with van der Waals surface area (Å²) in [5.74, 6) is 0.889. The highest BCUT2D eigenvalue weighted by Crippen LogP contribution is 2.23. The molecular formula is C12H14N4O. The molecule has 0 radical (unpaired) electrons.